The van der Waals surface area contributed by atoms with Crippen LogP contribution in [0.15, 0.2) is 248 Å². The van der Waals surface area contributed by atoms with E-state index in [4.69, 9.17) is 74.8 Å². The van der Waals surface area contributed by atoms with Gasteiger partial charge in [-0.2, -0.15) is 0 Å². The van der Waals surface area contributed by atoms with Crippen molar-refractivity contribution in [3.8, 4) is 34.5 Å². The Morgan fingerprint density at radius 1 is 0.325 bits per heavy atom. The zero-order valence-corrected chi connectivity index (χ0v) is 87.5. The summed E-state index contributed by atoms with van der Waals surface area (Å²) < 4.78 is 32.4. The van der Waals surface area contributed by atoms with Gasteiger partial charge in [-0.25, -0.2) is 0 Å². The second kappa shape index (κ2) is 67.4. The van der Waals surface area contributed by atoms with Crippen molar-refractivity contribution in [3.63, 3.8) is 0 Å². The third kappa shape index (κ3) is 52.6. The summed E-state index contributed by atoms with van der Waals surface area (Å²) in [7, 11) is 6.76. The van der Waals surface area contributed by atoms with E-state index in [9.17, 15) is 0 Å². The lowest BCUT2D eigenvalue weighted by Gasteiger charge is -2.10. The lowest BCUT2D eigenvalue weighted by molar-refractivity contribution is 0.309. The second-order valence-corrected chi connectivity index (χ2v) is 38.9. The minimum atomic E-state index is 0.490. The van der Waals surface area contributed by atoms with Gasteiger partial charge in [0.1, 0.15) is 38.8 Å². The SMILES string of the molecule is CC(C)Cc1ccc(Cl)cc1.CC(C)Cc1ccccc1Cl.CC(C)c1cc(Cl)c(Cl)s1.CC(C)c1ccccc1.CCCCOc1ccc(C(C)C)cc1.CCOc1ccc(C(C)C)cc1.COc1cc(OC)cc(C(C)C)c1.COc1ccc(C(C)C)cc1C.COc1ccccc1CC(C)C.CSc1ccc(C(C)C)cc1.Cc1cccc(CC(C)C)c1. The van der Waals surface area contributed by atoms with Crippen molar-refractivity contribution >= 4 is 69.5 Å². The summed E-state index contributed by atoms with van der Waals surface area (Å²) in [6, 6.07) is 83.2. The van der Waals surface area contributed by atoms with Gasteiger partial charge in [0.2, 0.25) is 0 Å². The van der Waals surface area contributed by atoms with E-state index in [0.29, 0.717) is 62.6 Å². The summed E-state index contributed by atoms with van der Waals surface area (Å²) in [4.78, 5) is 2.59. The van der Waals surface area contributed by atoms with E-state index >= 15 is 0 Å². The lowest BCUT2D eigenvalue weighted by Crippen LogP contribution is -1.97. The van der Waals surface area contributed by atoms with Gasteiger partial charge in [-0.05, 0) is 270 Å². The minimum Gasteiger partial charge on any atom is -0.497 e. The standard InChI is InChI=1S/C13H20O.C11H16O2.3C11H16O.C11H16.2C10H13Cl.C10H14S.C9H12.C7H8Cl2S/c1-4-5-10-14-13-8-6-12(7-9-13)11(2)3;1-8(2)9-5-10(12-3)7-11(6-9)13-4;1-8(2)10-5-6-11(12-4)9(3)7-10;1-9(2)8-10-6-4-5-7-11(10)12-3;1-4-12-11-7-5-10(6-8-11)9(2)3;1-9(2)7-11-6-4-5-10(3)8-11;1-8(2)7-9-3-5-10(11)6-4-9;1-8(2)7-9-5-3-4-6-10(9)11;1-8(2)9-4-6-10(11-3)7-5-9;1-8(2)9-6-4-3-5-7-9;1-4(2)6-3-5(8)7(9)10-6/h6-9,11H,4-5,10H2,1-3H3;5-8H,1-4H3;5-8H,1-4H3;4-7,9H,8H2,1-3H3;5-9H,4H2,1-3H3;4-6,8-9H,7H2,1-3H3;2*3-6,8H,7H2,1-2H3;4-8H,1-3H3;3-8H,1-2H3;3-4H,1-2H3. The Labute approximate surface area is 796 Å². The molecule has 0 spiro atoms. The molecular formula is C114H160Cl4O6S2. The Bertz CT molecular complexity index is 4510. The van der Waals surface area contributed by atoms with Gasteiger partial charge in [0.15, 0.2) is 0 Å². The average molecular weight is 1830 g/mol. The van der Waals surface area contributed by atoms with Gasteiger partial charge in [0.05, 0.1) is 46.7 Å². The highest BCUT2D eigenvalue weighted by Gasteiger charge is 2.11. The molecule has 0 aliphatic carbocycles. The molecular weight excluding hydrogens is 1670 g/mol. The monoisotopic (exact) mass is 1830 g/mol. The van der Waals surface area contributed by atoms with Crippen LogP contribution in [0.1, 0.15) is 292 Å². The zero-order valence-electron chi connectivity index (χ0n) is 82.9. The number of para-hydroxylation sites is 1. The molecule has 0 aliphatic heterocycles. The molecule has 0 saturated heterocycles. The van der Waals surface area contributed by atoms with Gasteiger partial charge < -0.3 is 28.4 Å². The largest absolute Gasteiger partial charge is 0.497 e. The van der Waals surface area contributed by atoms with Crippen molar-refractivity contribution in [1.82, 2.24) is 0 Å². The number of ether oxygens (including phenoxy) is 6. The molecule has 0 radical (unpaired) electrons. The maximum atomic E-state index is 5.97. The third-order valence-electron chi connectivity index (χ3n) is 19.5. The summed E-state index contributed by atoms with van der Waals surface area (Å²) in [5, 5.41) is 2.38. The number of halogens is 4. The summed E-state index contributed by atoms with van der Waals surface area (Å²) in [6.45, 7) is 58.3. The molecule has 12 heteroatoms. The Morgan fingerprint density at radius 3 is 1.14 bits per heavy atom. The van der Waals surface area contributed by atoms with Gasteiger partial charge in [0, 0.05) is 25.9 Å². The topological polar surface area (TPSA) is 55.4 Å². The molecule has 0 aliphatic rings. The molecule has 0 bridgehead atoms. The highest BCUT2D eigenvalue weighted by Crippen LogP contribution is 2.36. The number of rotatable bonds is 26. The normalized spacial score (nSPS) is 10.5. The van der Waals surface area contributed by atoms with Gasteiger partial charge in [-0.15, -0.1) is 23.1 Å². The smallest absolute Gasteiger partial charge is 0.122 e. The number of unbranched alkanes of at least 4 members (excludes halogenated alkanes) is 1. The maximum Gasteiger partial charge on any atom is 0.122 e. The Hall–Kier alpha value is -7.79. The fourth-order valence-electron chi connectivity index (χ4n) is 12.1. The first-order chi connectivity index (χ1) is 59.7. The highest BCUT2D eigenvalue weighted by atomic mass is 35.5. The molecule has 6 nitrogen and oxygen atoms in total. The van der Waals surface area contributed by atoms with Crippen LogP contribution in [0.25, 0.3) is 0 Å². The summed E-state index contributed by atoms with van der Waals surface area (Å²) in [5.41, 5.74) is 16.1. The summed E-state index contributed by atoms with van der Waals surface area (Å²) >= 11 is 26.6. The quantitative estimate of drug-likeness (QED) is 0.0395. The first kappa shape index (κ1) is 116. The predicted molar refractivity (Wildman–Crippen MR) is 561 cm³/mol. The van der Waals surface area contributed by atoms with Crippen LogP contribution in [-0.4, -0.2) is 47.9 Å². The van der Waals surface area contributed by atoms with Crippen molar-refractivity contribution in [2.24, 2.45) is 23.7 Å². The number of thiophene rings is 1. The van der Waals surface area contributed by atoms with Crippen LogP contribution in [0.5, 0.6) is 34.5 Å². The molecule has 1 heterocycles. The molecule has 0 atom stereocenters. The molecule has 0 fully saturated rings. The van der Waals surface area contributed by atoms with Gasteiger partial charge >= 0.3 is 0 Å². The number of benzene rings is 10. The van der Waals surface area contributed by atoms with E-state index in [1.54, 1.807) is 51.5 Å². The van der Waals surface area contributed by atoms with Gasteiger partial charge in [-0.1, -0.05) is 369 Å². The minimum absolute atomic E-state index is 0.490. The molecule has 0 amide bonds. The highest BCUT2D eigenvalue weighted by molar-refractivity contribution is 7.98. The second-order valence-electron chi connectivity index (χ2n) is 35.1. The van der Waals surface area contributed by atoms with Crippen molar-refractivity contribution in [2.45, 2.75) is 265 Å². The number of aryl methyl sites for hydroxylation is 2. The molecule has 126 heavy (non-hydrogen) atoms. The molecule has 11 aromatic rings. The van der Waals surface area contributed by atoms with Crippen molar-refractivity contribution in [1.29, 1.82) is 0 Å². The average Bonchev–Trinajstić information content (AvgIpc) is 1.30. The first-order valence-corrected chi connectivity index (χ1v) is 48.9. The van der Waals surface area contributed by atoms with Crippen molar-refractivity contribution < 1.29 is 28.4 Å². The number of methoxy groups -OCH3 is 4. The van der Waals surface area contributed by atoms with E-state index in [-0.39, 0.29) is 0 Å². The van der Waals surface area contributed by atoms with Gasteiger partial charge in [-0.3, -0.25) is 0 Å². The van der Waals surface area contributed by atoms with Crippen LogP contribution in [0.4, 0.5) is 0 Å². The Balaban J connectivity index is 0.000000694. The summed E-state index contributed by atoms with van der Waals surface area (Å²) in [5.74, 6) is 12.6. The molecule has 11 rings (SSSR count). The first-order valence-electron chi connectivity index (χ1n) is 45.4. The molecule has 692 valence electrons. The van der Waals surface area contributed by atoms with E-state index in [1.807, 2.05) is 97.9 Å². The van der Waals surface area contributed by atoms with Crippen molar-refractivity contribution in [3.05, 3.63) is 334 Å². The van der Waals surface area contributed by atoms with Crippen LogP contribution in [-0.2, 0) is 25.7 Å². The van der Waals surface area contributed by atoms with E-state index < -0.39 is 0 Å². The summed E-state index contributed by atoms with van der Waals surface area (Å²) in [6.07, 6.45) is 8.91. The fraction of sp³-hybridized carbons (Fsp3) is 0.439. The molecule has 1 aromatic heterocycles. The maximum absolute atomic E-state index is 5.97. The Morgan fingerprint density at radius 2 is 0.754 bits per heavy atom. The van der Waals surface area contributed by atoms with E-state index in [0.717, 1.165) is 95.3 Å². The molecule has 0 unspecified atom stereocenters. The van der Waals surface area contributed by atoms with Crippen LogP contribution >= 0.6 is 69.5 Å². The number of hydrogen-bond donors (Lipinski definition) is 0. The molecule has 10 aromatic carbocycles. The zero-order chi connectivity index (χ0) is 94.8. The van der Waals surface area contributed by atoms with Crippen molar-refractivity contribution in [2.75, 3.05) is 47.9 Å². The van der Waals surface area contributed by atoms with Crippen LogP contribution in [0.3, 0.4) is 0 Å². The Kier molecular flexibility index (Phi) is 62.2. The van der Waals surface area contributed by atoms with E-state index in [1.165, 1.54) is 89.4 Å². The van der Waals surface area contributed by atoms with Gasteiger partial charge in [0.25, 0.3) is 0 Å². The predicted octanol–water partition coefficient (Wildman–Crippen LogP) is 36.8. The van der Waals surface area contributed by atoms with Crippen LogP contribution in [0.2, 0.25) is 19.4 Å². The van der Waals surface area contributed by atoms with E-state index in [2.05, 4.69) is 331 Å². The van der Waals surface area contributed by atoms with Crippen LogP contribution in [0, 0.1) is 37.5 Å². The fourth-order valence-corrected chi connectivity index (χ4v) is 14.3. The third-order valence-corrected chi connectivity index (χ3v) is 23.0. The molecule has 0 saturated carbocycles. The number of thioether (sulfide) groups is 1. The lowest BCUT2D eigenvalue weighted by atomic mass is 10.0. The molecule has 0 N–H and O–H groups in total. The van der Waals surface area contributed by atoms with Crippen LogP contribution < -0.4 is 28.4 Å². The number of hydrogen-bond acceptors (Lipinski definition) is 8.